The predicted octanol–water partition coefficient (Wildman–Crippen LogP) is 0.795. The highest BCUT2D eigenvalue weighted by Crippen LogP contribution is 2.23. The minimum Gasteiger partial charge on any atom is -0.323 e. The number of hydrogen-bond acceptors (Lipinski definition) is 3. The fourth-order valence-electron chi connectivity index (χ4n) is 1.06. The smallest absolute Gasteiger partial charge is 0.237 e. The molecule has 2 heterocycles. The molecule has 68 valence electrons. The fourth-order valence-corrected chi connectivity index (χ4v) is 2.27. The van der Waals surface area contributed by atoms with Crippen LogP contribution in [0.1, 0.15) is 0 Å². The zero-order valence-electron chi connectivity index (χ0n) is 6.41. The number of pyridine rings is 1. The molecule has 0 fully saturated rings. The van der Waals surface area contributed by atoms with Gasteiger partial charge in [0.05, 0.1) is 16.5 Å². The summed E-state index contributed by atoms with van der Waals surface area (Å²) >= 11 is 5.62. The van der Waals surface area contributed by atoms with Gasteiger partial charge >= 0.3 is 0 Å². The van der Waals surface area contributed by atoms with Gasteiger partial charge in [-0.25, -0.2) is 4.98 Å². The van der Waals surface area contributed by atoms with Crippen LogP contribution in [-0.2, 0) is 15.6 Å². The van der Waals surface area contributed by atoms with Crippen molar-refractivity contribution >= 4 is 34.0 Å². The van der Waals surface area contributed by atoms with Crippen LogP contribution in [0.5, 0.6) is 0 Å². The first-order valence-electron chi connectivity index (χ1n) is 3.51. The second-order valence-corrected chi connectivity index (χ2v) is 4.28. The van der Waals surface area contributed by atoms with Crippen LogP contribution in [0.4, 0.5) is 5.69 Å². The lowest BCUT2D eigenvalue weighted by Gasteiger charge is -2.14. The van der Waals surface area contributed by atoms with Crippen molar-refractivity contribution in [2.75, 3.05) is 11.1 Å². The summed E-state index contributed by atoms with van der Waals surface area (Å²) < 4.78 is 11.4. The Morgan fingerprint density at radius 3 is 3.08 bits per heavy atom. The monoisotopic (exact) mass is 216 g/mol. The van der Waals surface area contributed by atoms with Crippen molar-refractivity contribution in [3.05, 3.63) is 17.3 Å². The van der Waals surface area contributed by atoms with E-state index in [0.717, 1.165) is 0 Å². The lowest BCUT2D eigenvalue weighted by atomic mass is 10.4. The number of fused-ring (bicyclic) bond motifs is 1. The van der Waals surface area contributed by atoms with Crippen molar-refractivity contribution < 1.29 is 9.00 Å². The van der Waals surface area contributed by atoms with Crippen LogP contribution in [0.3, 0.4) is 0 Å². The van der Waals surface area contributed by atoms with E-state index in [9.17, 15) is 9.00 Å². The molecule has 0 radical (unpaired) electrons. The summed E-state index contributed by atoms with van der Waals surface area (Å²) in [5, 5.41) is 3.20. The Bertz CT molecular complexity index is 407. The largest absolute Gasteiger partial charge is 0.323 e. The van der Waals surface area contributed by atoms with Crippen molar-refractivity contribution in [3.8, 4) is 0 Å². The van der Waals surface area contributed by atoms with E-state index >= 15 is 0 Å². The van der Waals surface area contributed by atoms with Crippen LogP contribution in [0.15, 0.2) is 17.2 Å². The molecule has 0 saturated carbocycles. The number of hydrogen-bond donors (Lipinski definition) is 1. The topological polar surface area (TPSA) is 59.1 Å². The molecular formula is C7H5ClN2O2S. The maximum atomic E-state index is 11.4. The van der Waals surface area contributed by atoms with Crippen molar-refractivity contribution in [2.45, 2.75) is 5.03 Å². The van der Waals surface area contributed by atoms with E-state index in [2.05, 4.69) is 10.3 Å². The molecule has 0 spiro atoms. The summed E-state index contributed by atoms with van der Waals surface area (Å²) in [5.41, 5.74) is 0.485. The first-order chi connectivity index (χ1) is 6.16. The third-order valence-electron chi connectivity index (χ3n) is 1.58. The average molecular weight is 217 g/mol. The van der Waals surface area contributed by atoms with Gasteiger partial charge in [0.25, 0.3) is 0 Å². The number of halogens is 1. The van der Waals surface area contributed by atoms with Crippen molar-refractivity contribution in [1.29, 1.82) is 0 Å². The van der Waals surface area contributed by atoms with E-state index in [0.29, 0.717) is 10.7 Å². The van der Waals surface area contributed by atoms with Gasteiger partial charge in [-0.05, 0) is 12.1 Å². The third kappa shape index (κ3) is 1.57. The summed E-state index contributed by atoms with van der Waals surface area (Å²) in [7, 11) is -1.36. The molecule has 1 atom stereocenters. The summed E-state index contributed by atoms with van der Waals surface area (Å²) in [5.74, 6) is -0.296. The number of rotatable bonds is 0. The lowest BCUT2D eigenvalue weighted by Crippen LogP contribution is -2.26. The second-order valence-electron chi connectivity index (χ2n) is 2.52. The van der Waals surface area contributed by atoms with E-state index < -0.39 is 10.8 Å². The summed E-state index contributed by atoms with van der Waals surface area (Å²) in [6.45, 7) is 0. The average Bonchev–Trinajstić information content (AvgIpc) is 2.06. The molecule has 2 rings (SSSR count). The Labute approximate surface area is 81.8 Å². The number of amides is 1. The van der Waals surface area contributed by atoms with Gasteiger partial charge in [0.1, 0.15) is 10.9 Å². The van der Waals surface area contributed by atoms with Gasteiger partial charge in [-0.2, -0.15) is 0 Å². The van der Waals surface area contributed by atoms with Gasteiger partial charge in [-0.3, -0.25) is 9.00 Å². The Morgan fingerprint density at radius 2 is 2.31 bits per heavy atom. The first-order valence-corrected chi connectivity index (χ1v) is 5.21. The summed E-state index contributed by atoms with van der Waals surface area (Å²) in [4.78, 5) is 14.8. The highest BCUT2D eigenvalue weighted by atomic mass is 35.5. The summed E-state index contributed by atoms with van der Waals surface area (Å²) in [6.07, 6.45) is 0. The van der Waals surface area contributed by atoms with Crippen LogP contribution < -0.4 is 5.32 Å². The molecule has 1 aliphatic rings. The van der Waals surface area contributed by atoms with E-state index in [1.54, 1.807) is 12.1 Å². The molecule has 0 saturated heterocycles. The number of nitrogens with one attached hydrogen (secondary N) is 1. The molecule has 4 nitrogen and oxygen atoms in total. The molecule has 1 unspecified atom stereocenters. The van der Waals surface area contributed by atoms with Gasteiger partial charge < -0.3 is 5.32 Å². The molecule has 0 aromatic carbocycles. The molecule has 1 aromatic heterocycles. The zero-order chi connectivity index (χ0) is 9.42. The molecule has 0 aliphatic carbocycles. The van der Waals surface area contributed by atoms with E-state index in [1.165, 1.54) is 0 Å². The minimum absolute atomic E-state index is 0.0413. The Balaban J connectivity index is 2.55. The highest BCUT2D eigenvalue weighted by Gasteiger charge is 2.22. The van der Waals surface area contributed by atoms with Gasteiger partial charge in [0.2, 0.25) is 5.91 Å². The van der Waals surface area contributed by atoms with Crippen LogP contribution >= 0.6 is 11.6 Å². The van der Waals surface area contributed by atoms with Crippen molar-refractivity contribution in [2.24, 2.45) is 0 Å². The maximum Gasteiger partial charge on any atom is 0.237 e. The van der Waals surface area contributed by atoms with Gasteiger partial charge in [-0.15, -0.1) is 0 Å². The predicted molar refractivity (Wildman–Crippen MR) is 49.2 cm³/mol. The molecule has 1 aliphatic heterocycles. The Hall–Kier alpha value is -0.940. The number of nitrogens with zero attached hydrogens (tertiary/aromatic N) is 1. The first kappa shape index (κ1) is 8.65. The van der Waals surface area contributed by atoms with E-state index in [-0.39, 0.29) is 16.8 Å². The normalized spacial score (nSPS) is 20.7. The van der Waals surface area contributed by atoms with E-state index in [4.69, 9.17) is 11.6 Å². The SMILES string of the molecule is O=C1CS(=O)c2nc(Cl)ccc2N1. The number of anilines is 1. The summed E-state index contributed by atoms with van der Waals surface area (Å²) in [6, 6.07) is 3.14. The van der Waals surface area contributed by atoms with E-state index in [1.807, 2.05) is 0 Å². The fraction of sp³-hybridized carbons (Fsp3) is 0.143. The van der Waals surface area contributed by atoms with Crippen LogP contribution in [-0.4, -0.2) is 20.9 Å². The number of carbonyl (C=O) groups is 1. The van der Waals surface area contributed by atoms with Gasteiger partial charge in [-0.1, -0.05) is 11.6 Å². The quantitative estimate of drug-likeness (QED) is 0.653. The minimum atomic E-state index is -1.36. The Kier molecular flexibility index (Phi) is 2.05. The maximum absolute atomic E-state index is 11.4. The number of carbonyl (C=O) groups excluding carboxylic acids is 1. The van der Waals surface area contributed by atoms with Gasteiger partial charge in [0.15, 0.2) is 5.03 Å². The van der Waals surface area contributed by atoms with Crippen LogP contribution in [0.25, 0.3) is 0 Å². The van der Waals surface area contributed by atoms with Crippen LogP contribution in [0.2, 0.25) is 5.15 Å². The lowest BCUT2D eigenvalue weighted by molar-refractivity contribution is -0.114. The molecule has 1 N–H and O–H groups in total. The number of aromatic nitrogens is 1. The van der Waals surface area contributed by atoms with Crippen molar-refractivity contribution in [3.63, 3.8) is 0 Å². The third-order valence-corrected chi connectivity index (χ3v) is 3.06. The molecule has 1 amide bonds. The molecule has 1 aromatic rings. The van der Waals surface area contributed by atoms with Crippen LogP contribution in [0, 0.1) is 0 Å². The van der Waals surface area contributed by atoms with Gasteiger partial charge in [0, 0.05) is 0 Å². The Morgan fingerprint density at radius 1 is 1.54 bits per heavy atom. The molecule has 0 bridgehead atoms. The zero-order valence-corrected chi connectivity index (χ0v) is 7.98. The molecular weight excluding hydrogens is 212 g/mol. The van der Waals surface area contributed by atoms with Crippen molar-refractivity contribution in [1.82, 2.24) is 4.98 Å². The molecule has 6 heteroatoms. The standard InChI is InChI=1S/C7H5ClN2O2S/c8-5-2-1-4-7(10-5)13(12)3-6(11)9-4/h1-2H,3H2,(H,9,11). The second kappa shape index (κ2) is 3.08. The highest BCUT2D eigenvalue weighted by molar-refractivity contribution is 7.86. The molecule has 13 heavy (non-hydrogen) atoms.